The van der Waals surface area contributed by atoms with Crippen molar-refractivity contribution in [1.82, 2.24) is 0 Å². The maximum absolute atomic E-state index is 11.3. The second-order valence-corrected chi connectivity index (χ2v) is 5.79. The summed E-state index contributed by atoms with van der Waals surface area (Å²) in [5.74, 6) is -0.284. The van der Waals surface area contributed by atoms with Crippen LogP contribution in [-0.4, -0.2) is 46.9 Å². The van der Waals surface area contributed by atoms with E-state index in [-0.39, 0.29) is 18.1 Å². The van der Waals surface area contributed by atoms with Crippen LogP contribution in [0.4, 0.5) is 0 Å². The van der Waals surface area contributed by atoms with E-state index in [4.69, 9.17) is 9.47 Å². The summed E-state index contributed by atoms with van der Waals surface area (Å²) in [5.41, 5.74) is -0.499. The Labute approximate surface area is 112 Å². The summed E-state index contributed by atoms with van der Waals surface area (Å²) in [7, 11) is 0. The van der Waals surface area contributed by atoms with Crippen LogP contribution >= 0.6 is 11.8 Å². The number of aliphatic hydroxyl groups excluding tert-OH is 1. The van der Waals surface area contributed by atoms with Gasteiger partial charge in [-0.15, -0.1) is 11.8 Å². The standard InChI is InChI=1S/C12H22O5S/c1-5-16-10(14)6-9(13)7-18-8-11(15)17-12(2,3)4/h9,13H,5-8H2,1-4H3. The Morgan fingerprint density at radius 3 is 2.39 bits per heavy atom. The summed E-state index contributed by atoms with van der Waals surface area (Å²) in [4.78, 5) is 22.4. The average Bonchev–Trinajstić information content (AvgIpc) is 2.14. The van der Waals surface area contributed by atoms with Gasteiger partial charge < -0.3 is 14.6 Å². The second-order valence-electron chi connectivity index (χ2n) is 4.76. The van der Waals surface area contributed by atoms with E-state index < -0.39 is 17.7 Å². The Balaban J connectivity index is 3.71. The molecule has 5 nitrogen and oxygen atoms in total. The van der Waals surface area contributed by atoms with Gasteiger partial charge in [0.25, 0.3) is 0 Å². The number of ether oxygens (including phenoxy) is 2. The molecule has 0 saturated heterocycles. The summed E-state index contributed by atoms with van der Waals surface area (Å²) in [6, 6.07) is 0. The van der Waals surface area contributed by atoms with E-state index in [9.17, 15) is 14.7 Å². The highest BCUT2D eigenvalue weighted by atomic mass is 32.2. The number of carbonyl (C=O) groups excluding carboxylic acids is 2. The van der Waals surface area contributed by atoms with Crippen LogP contribution in [0.5, 0.6) is 0 Å². The normalized spacial score (nSPS) is 12.9. The minimum atomic E-state index is -0.795. The molecule has 0 aromatic heterocycles. The van der Waals surface area contributed by atoms with Crippen LogP contribution in [0.1, 0.15) is 34.1 Å². The van der Waals surface area contributed by atoms with Gasteiger partial charge in [-0.25, -0.2) is 0 Å². The Kier molecular flexibility index (Phi) is 8.02. The lowest BCUT2D eigenvalue weighted by Gasteiger charge is -2.19. The third-order valence-corrected chi connectivity index (χ3v) is 2.72. The van der Waals surface area contributed by atoms with Gasteiger partial charge in [0.05, 0.1) is 24.9 Å². The fourth-order valence-electron chi connectivity index (χ4n) is 1.12. The van der Waals surface area contributed by atoms with Gasteiger partial charge in [0, 0.05) is 5.75 Å². The first-order valence-corrected chi connectivity index (χ1v) is 7.03. The van der Waals surface area contributed by atoms with Crippen LogP contribution in [-0.2, 0) is 19.1 Å². The molecule has 0 aliphatic carbocycles. The molecule has 0 radical (unpaired) electrons. The molecule has 1 N–H and O–H groups in total. The molecule has 106 valence electrons. The molecule has 18 heavy (non-hydrogen) atoms. The monoisotopic (exact) mass is 278 g/mol. The molecule has 0 aliphatic heterocycles. The molecule has 0 fully saturated rings. The smallest absolute Gasteiger partial charge is 0.316 e. The highest BCUT2D eigenvalue weighted by Crippen LogP contribution is 2.11. The van der Waals surface area contributed by atoms with Gasteiger partial charge in [-0.2, -0.15) is 0 Å². The zero-order chi connectivity index (χ0) is 14.2. The topological polar surface area (TPSA) is 72.8 Å². The molecule has 0 bridgehead atoms. The van der Waals surface area contributed by atoms with E-state index in [1.165, 1.54) is 11.8 Å². The van der Waals surface area contributed by atoms with Crippen molar-refractivity contribution in [3.63, 3.8) is 0 Å². The molecule has 0 aromatic rings. The second kappa shape index (κ2) is 8.37. The van der Waals surface area contributed by atoms with E-state index in [1.807, 2.05) is 0 Å². The zero-order valence-corrected chi connectivity index (χ0v) is 12.2. The van der Waals surface area contributed by atoms with Crippen molar-refractivity contribution >= 4 is 23.7 Å². The molecule has 1 unspecified atom stereocenters. The first kappa shape index (κ1) is 17.2. The summed E-state index contributed by atoms with van der Waals surface area (Å²) < 4.78 is 9.81. The number of esters is 2. The summed E-state index contributed by atoms with van der Waals surface area (Å²) in [6.45, 7) is 7.40. The predicted molar refractivity (Wildman–Crippen MR) is 70.4 cm³/mol. The van der Waals surface area contributed by atoms with Crippen LogP contribution < -0.4 is 0 Å². The van der Waals surface area contributed by atoms with Crippen molar-refractivity contribution in [3.05, 3.63) is 0 Å². The average molecular weight is 278 g/mol. The van der Waals surface area contributed by atoms with Crippen LogP contribution in [0.3, 0.4) is 0 Å². The molecule has 0 heterocycles. The van der Waals surface area contributed by atoms with E-state index in [2.05, 4.69) is 0 Å². The molecule has 6 heteroatoms. The number of carbonyl (C=O) groups is 2. The first-order chi connectivity index (χ1) is 8.24. The van der Waals surface area contributed by atoms with Gasteiger partial charge in [-0.05, 0) is 27.7 Å². The van der Waals surface area contributed by atoms with Crippen molar-refractivity contribution in [1.29, 1.82) is 0 Å². The van der Waals surface area contributed by atoms with Crippen LogP contribution in [0.25, 0.3) is 0 Å². The molecule has 0 aliphatic rings. The van der Waals surface area contributed by atoms with Crippen molar-refractivity contribution in [2.24, 2.45) is 0 Å². The Bertz CT molecular complexity index is 272. The molecular weight excluding hydrogens is 256 g/mol. The molecule has 1 atom stereocenters. The van der Waals surface area contributed by atoms with E-state index in [0.29, 0.717) is 12.4 Å². The lowest BCUT2D eigenvalue weighted by molar-refractivity contribution is -0.151. The van der Waals surface area contributed by atoms with Gasteiger partial charge in [0.15, 0.2) is 0 Å². The van der Waals surface area contributed by atoms with Crippen LogP contribution in [0, 0.1) is 0 Å². The van der Waals surface area contributed by atoms with Gasteiger partial charge in [-0.3, -0.25) is 9.59 Å². The van der Waals surface area contributed by atoms with Gasteiger partial charge >= 0.3 is 11.9 Å². The van der Waals surface area contributed by atoms with Crippen molar-refractivity contribution < 1.29 is 24.2 Å². The third-order valence-electron chi connectivity index (χ3n) is 1.66. The minimum Gasteiger partial charge on any atom is -0.466 e. The summed E-state index contributed by atoms with van der Waals surface area (Å²) >= 11 is 1.24. The molecule has 0 aromatic carbocycles. The Morgan fingerprint density at radius 1 is 1.28 bits per heavy atom. The highest BCUT2D eigenvalue weighted by Gasteiger charge is 2.17. The predicted octanol–water partition coefficient (Wildman–Crippen LogP) is 1.38. The number of thioether (sulfide) groups is 1. The fraction of sp³-hybridized carbons (Fsp3) is 0.833. The third kappa shape index (κ3) is 10.4. The number of rotatable bonds is 7. The maximum Gasteiger partial charge on any atom is 0.316 e. The minimum absolute atomic E-state index is 0.0465. The highest BCUT2D eigenvalue weighted by molar-refractivity contribution is 7.99. The summed E-state index contributed by atoms with van der Waals surface area (Å²) in [5, 5.41) is 9.52. The lowest BCUT2D eigenvalue weighted by atomic mass is 10.2. The molecule has 0 saturated carbocycles. The Hall–Kier alpha value is -0.750. The fourth-order valence-corrected chi connectivity index (χ4v) is 1.85. The molecule has 0 amide bonds. The van der Waals surface area contributed by atoms with E-state index >= 15 is 0 Å². The number of aliphatic hydroxyl groups is 1. The van der Waals surface area contributed by atoms with E-state index in [0.717, 1.165) is 0 Å². The molecule has 0 rings (SSSR count). The number of hydrogen-bond acceptors (Lipinski definition) is 6. The lowest BCUT2D eigenvalue weighted by Crippen LogP contribution is -2.25. The largest absolute Gasteiger partial charge is 0.466 e. The van der Waals surface area contributed by atoms with Gasteiger partial charge in [0.1, 0.15) is 5.60 Å². The van der Waals surface area contributed by atoms with Gasteiger partial charge in [-0.1, -0.05) is 0 Å². The Morgan fingerprint density at radius 2 is 1.89 bits per heavy atom. The van der Waals surface area contributed by atoms with Crippen LogP contribution in [0.15, 0.2) is 0 Å². The van der Waals surface area contributed by atoms with Crippen molar-refractivity contribution in [2.45, 2.75) is 45.8 Å². The maximum atomic E-state index is 11.3. The van der Waals surface area contributed by atoms with E-state index in [1.54, 1.807) is 27.7 Å². The van der Waals surface area contributed by atoms with Gasteiger partial charge in [0.2, 0.25) is 0 Å². The SMILES string of the molecule is CCOC(=O)CC(O)CSCC(=O)OC(C)(C)C. The summed E-state index contributed by atoms with van der Waals surface area (Å²) in [6.07, 6.45) is -0.841. The van der Waals surface area contributed by atoms with Crippen LogP contribution in [0.2, 0.25) is 0 Å². The number of hydrogen-bond donors (Lipinski definition) is 1. The first-order valence-electron chi connectivity index (χ1n) is 5.88. The molecule has 0 spiro atoms. The zero-order valence-electron chi connectivity index (χ0n) is 11.4. The molecular formula is C12H22O5S. The quantitative estimate of drug-likeness (QED) is 0.709. The van der Waals surface area contributed by atoms with Crippen molar-refractivity contribution in [2.75, 3.05) is 18.1 Å². The van der Waals surface area contributed by atoms with Crippen molar-refractivity contribution in [3.8, 4) is 0 Å².